The van der Waals surface area contributed by atoms with Gasteiger partial charge in [0.25, 0.3) is 0 Å². The fraction of sp³-hybridized carbons (Fsp3) is 0.200. The van der Waals surface area contributed by atoms with Crippen LogP contribution in [-0.2, 0) is 0 Å². The lowest BCUT2D eigenvalue weighted by molar-refractivity contribution is 0.478. The Hall–Kier alpha value is -1.76. The molecule has 0 heterocycles. The van der Waals surface area contributed by atoms with Gasteiger partial charge in [-0.3, -0.25) is 0 Å². The highest BCUT2D eigenvalue weighted by Gasteiger charge is 2.02. The summed E-state index contributed by atoms with van der Waals surface area (Å²) in [6.45, 7) is 6.25. The molecule has 0 aliphatic rings. The summed E-state index contributed by atoms with van der Waals surface area (Å²) >= 11 is 0. The van der Waals surface area contributed by atoms with E-state index in [-0.39, 0.29) is 0 Å². The average molecular weight is 212 g/mol. The van der Waals surface area contributed by atoms with Gasteiger partial charge in [0.1, 0.15) is 11.5 Å². The molecule has 0 aliphatic heterocycles. The first kappa shape index (κ1) is 10.7. The molecule has 1 nitrogen and oxygen atoms in total. The van der Waals surface area contributed by atoms with Crippen molar-refractivity contribution in [2.45, 2.75) is 20.8 Å². The topological polar surface area (TPSA) is 9.23 Å². The molecule has 2 aromatic carbocycles. The minimum Gasteiger partial charge on any atom is -0.457 e. The molecule has 0 amide bonds. The van der Waals surface area contributed by atoms with Crippen LogP contribution in [0, 0.1) is 20.8 Å². The first-order valence-electron chi connectivity index (χ1n) is 5.47. The van der Waals surface area contributed by atoms with Crippen LogP contribution in [0.25, 0.3) is 0 Å². The van der Waals surface area contributed by atoms with Crippen molar-refractivity contribution in [2.75, 3.05) is 0 Å². The van der Waals surface area contributed by atoms with Crippen LogP contribution in [0.3, 0.4) is 0 Å². The summed E-state index contributed by atoms with van der Waals surface area (Å²) in [7, 11) is 0. The largest absolute Gasteiger partial charge is 0.457 e. The maximum Gasteiger partial charge on any atom is 0.130 e. The van der Waals surface area contributed by atoms with Gasteiger partial charge in [-0.2, -0.15) is 0 Å². The van der Waals surface area contributed by atoms with Crippen molar-refractivity contribution in [3.8, 4) is 11.5 Å². The molecule has 0 radical (unpaired) electrons. The molecule has 2 rings (SSSR count). The fourth-order valence-electron chi connectivity index (χ4n) is 1.57. The van der Waals surface area contributed by atoms with Gasteiger partial charge < -0.3 is 4.74 Å². The van der Waals surface area contributed by atoms with Gasteiger partial charge in [0, 0.05) is 0 Å². The average Bonchev–Trinajstić information content (AvgIpc) is 2.28. The van der Waals surface area contributed by atoms with E-state index in [9.17, 15) is 0 Å². The molecule has 0 N–H and O–H groups in total. The van der Waals surface area contributed by atoms with Gasteiger partial charge in [-0.15, -0.1) is 0 Å². The van der Waals surface area contributed by atoms with Crippen LogP contribution >= 0.6 is 0 Å². The summed E-state index contributed by atoms with van der Waals surface area (Å²) in [6, 6.07) is 14.2. The van der Waals surface area contributed by atoms with Gasteiger partial charge in [0.05, 0.1) is 0 Å². The number of hydrogen-bond donors (Lipinski definition) is 0. The lowest BCUT2D eigenvalue weighted by Crippen LogP contribution is -1.89. The number of aryl methyl sites for hydroxylation is 2. The summed E-state index contributed by atoms with van der Waals surface area (Å²) in [5, 5.41) is 0. The number of rotatable bonds is 2. The Bertz CT molecular complexity index is 483. The zero-order valence-corrected chi connectivity index (χ0v) is 9.95. The summed E-state index contributed by atoms with van der Waals surface area (Å²) in [5.74, 6) is 1.82. The highest BCUT2D eigenvalue weighted by molar-refractivity contribution is 5.41. The van der Waals surface area contributed by atoms with Crippen molar-refractivity contribution in [1.82, 2.24) is 0 Å². The molecule has 82 valence electrons. The zero-order valence-electron chi connectivity index (χ0n) is 9.95. The van der Waals surface area contributed by atoms with Crippen molar-refractivity contribution in [3.63, 3.8) is 0 Å². The molecule has 1 heteroatoms. The van der Waals surface area contributed by atoms with Gasteiger partial charge in [0.15, 0.2) is 0 Å². The Morgan fingerprint density at radius 3 is 2.19 bits per heavy atom. The molecule has 0 spiro atoms. The van der Waals surface area contributed by atoms with E-state index in [1.54, 1.807) is 0 Å². The Labute approximate surface area is 96.7 Å². The molecular formula is C15H16O. The first-order valence-corrected chi connectivity index (χ1v) is 5.47. The quantitative estimate of drug-likeness (QED) is 0.716. The third kappa shape index (κ3) is 2.25. The van der Waals surface area contributed by atoms with Gasteiger partial charge in [-0.05, 0) is 50.1 Å². The second kappa shape index (κ2) is 4.40. The van der Waals surface area contributed by atoms with Crippen molar-refractivity contribution < 1.29 is 4.74 Å². The Balaban J connectivity index is 2.27. The normalized spacial score (nSPS) is 10.2. The van der Waals surface area contributed by atoms with E-state index in [0.29, 0.717) is 0 Å². The maximum atomic E-state index is 5.84. The van der Waals surface area contributed by atoms with Gasteiger partial charge in [0.2, 0.25) is 0 Å². The van der Waals surface area contributed by atoms with Crippen molar-refractivity contribution in [3.05, 3.63) is 59.2 Å². The third-order valence-corrected chi connectivity index (χ3v) is 2.80. The fourth-order valence-corrected chi connectivity index (χ4v) is 1.57. The number of hydrogen-bond acceptors (Lipinski definition) is 1. The van der Waals surface area contributed by atoms with Gasteiger partial charge in [-0.1, -0.05) is 29.8 Å². The molecule has 0 bridgehead atoms. The van der Waals surface area contributed by atoms with Crippen LogP contribution in [0.5, 0.6) is 11.5 Å². The van der Waals surface area contributed by atoms with Crippen LogP contribution in [0.1, 0.15) is 16.7 Å². The van der Waals surface area contributed by atoms with Crippen LogP contribution < -0.4 is 4.74 Å². The Kier molecular flexibility index (Phi) is 2.95. The maximum absolute atomic E-state index is 5.84. The van der Waals surface area contributed by atoms with E-state index in [0.717, 1.165) is 11.5 Å². The Morgan fingerprint density at radius 2 is 1.50 bits per heavy atom. The molecule has 0 saturated carbocycles. The van der Waals surface area contributed by atoms with Crippen molar-refractivity contribution in [1.29, 1.82) is 0 Å². The summed E-state index contributed by atoms with van der Waals surface area (Å²) < 4.78 is 5.84. The predicted molar refractivity (Wildman–Crippen MR) is 67.2 cm³/mol. The molecule has 0 fully saturated rings. The molecule has 0 aliphatic carbocycles. The minimum absolute atomic E-state index is 0.888. The second-order valence-corrected chi connectivity index (χ2v) is 4.11. The standard InChI is InChI=1S/C15H16O/c1-11-7-9-14(10-8-11)16-15-6-4-5-12(2)13(15)3/h4-10H,1-3H3. The van der Waals surface area contributed by atoms with E-state index in [1.807, 2.05) is 24.3 Å². The molecule has 0 atom stereocenters. The molecule has 0 aromatic heterocycles. The highest BCUT2D eigenvalue weighted by Crippen LogP contribution is 2.26. The molecule has 0 saturated heterocycles. The van der Waals surface area contributed by atoms with Crippen LogP contribution in [-0.4, -0.2) is 0 Å². The smallest absolute Gasteiger partial charge is 0.130 e. The molecule has 16 heavy (non-hydrogen) atoms. The predicted octanol–water partition coefficient (Wildman–Crippen LogP) is 4.40. The summed E-state index contributed by atoms with van der Waals surface area (Å²) in [5.41, 5.74) is 3.70. The van der Waals surface area contributed by atoms with E-state index in [2.05, 4.69) is 39.0 Å². The summed E-state index contributed by atoms with van der Waals surface area (Å²) in [4.78, 5) is 0. The highest BCUT2D eigenvalue weighted by atomic mass is 16.5. The first-order chi connectivity index (χ1) is 7.66. The van der Waals surface area contributed by atoms with Crippen LogP contribution in [0.4, 0.5) is 0 Å². The molecule has 0 unspecified atom stereocenters. The Morgan fingerprint density at radius 1 is 0.812 bits per heavy atom. The van der Waals surface area contributed by atoms with E-state index < -0.39 is 0 Å². The van der Waals surface area contributed by atoms with E-state index >= 15 is 0 Å². The van der Waals surface area contributed by atoms with E-state index in [4.69, 9.17) is 4.74 Å². The van der Waals surface area contributed by atoms with Crippen molar-refractivity contribution in [2.24, 2.45) is 0 Å². The second-order valence-electron chi connectivity index (χ2n) is 4.11. The van der Waals surface area contributed by atoms with Gasteiger partial charge >= 0.3 is 0 Å². The monoisotopic (exact) mass is 212 g/mol. The van der Waals surface area contributed by atoms with Gasteiger partial charge in [-0.25, -0.2) is 0 Å². The number of benzene rings is 2. The summed E-state index contributed by atoms with van der Waals surface area (Å²) in [6.07, 6.45) is 0. The van der Waals surface area contributed by atoms with Crippen molar-refractivity contribution >= 4 is 0 Å². The lowest BCUT2D eigenvalue weighted by Gasteiger charge is -2.10. The zero-order chi connectivity index (χ0) is 11.5. The lowest BCUT2D eigenvalue weighted by atomic mass is 10.1. The molecule has 2 aromatic rings. The third-order valence-electron chi connectivity index (χ3n) is 2.80. The van der Waals surface area contributed by atoms with E-state index in [1.165, 1.54) is 16.7 Å². The molecular weight excluding hydrogens is 196 g/mol. The van der Waals surface area contributed by atoms with Crippen LogP contribution in [0.2, 0.25) is 0 Å². The van der Waals surface area contributed by atoms with Crippen LogP contribution in [0.15, 0.2) is 42.5 Å². The number of ether oxygens (including phenoxy) is 1. The minimum atomic E-state index is 0.888. The SMILES string of the molecule is Cc1ccc(Oc2cccc(C)c2C)cc1.